The Bertz CT molecular complexity index is 381. The molecule has 0 bridgehead atoms. The number of hydrogen-bond acceptors (Lipinski definition) is 5. The Kier molecular flexibility index (Phi) is 8.12. The van der Waals surface area contributed by atoms with Crippen molar-refractivity contribution in [2.24, 2.45) is 0 Å². The molecule has 1 aromatic rings. The van der Waals surface area contributed by atoms with Crippen molar-refractivity contribution >= 4 is 0 Å². The Hall–Kier alpha value is -1.30. The predicted molar refractivity (Wildman–Crippen MR) is 82.7 cm³/mol. The Morgan fingerprint density at radius 3 is 1.90 bits per heavy atom. The lowest BCUT2D eigenvalue weighted by atomic mass is 10.0. The summed E-state index contributed by atoms with van der Waals surface area (Å²) in [4.78, 5) is 2.14. The third-order valence-electron chi connectivity index (χ3n) is 3.48. The van der Waals surface area contributed by atoms with Gasteiger partial charge in [0.15, 0.2) is 0 Å². The molecule has 120 valence electrons. The first-order valence-corrected chi connectivity index (χ1v) is 7.52. The molecular weight excluding hydrogens is 270 g/mol. The van der Waals surface area contributed by atoms with Crippen LogP contribution in [0.5, 0.6) is 11.5 Å². The van der Waals surface area contributed by atoms with Crippen LogP contribution < -0.4 is 0 Å². The van der Waals surface area contributed by atoms with E-state index in [4.69, 9.17) is 9.47 Å². The van der Waals surface area contributed by atoms with Crippen molar-refractivity contribution in [3.63, 3.8) is 0 Å². The molecule has 0 saturated carbocycles. The lowest BCUT2D eigenvalue weighted by molar-refractivity contribution is 0.0651. The lowest BCUT2D eigenvalue weighted by Gasteiger charge is -2.30. The number of ether oxygens (including phenoxy) is 2. The van der Waals surface area contributed by atoms with Crippen LogP contribution in [0.2, 0.25) is 0 Å². The molecule has 2 N–H and O–H groups in total. The first-order chi connectivity index (χ1) is 10.1. The van der Waals surface area contributed by atoms with Crippen molar-refractivity contribution in [1.82, 2.24) is 4.90 Å². The van der Waals surface area contributed by atoms with Gasteiger partial charge in [0, 0.05) is 32.3 Å². The van der Waals surface area contributed by atoms with Gasteiger partial charge in [0.25, 0.3) is 0 Å². The van der Waals surface area contributed by atoms with Crippen LogP contribution >= 0.6 is 0 Å². The zero-order chi connectivity index (χ0) is 15.7. The van der Waals surface area contributed by atoms with Crippen LogP contribution in [0.1, 0.15) is 32.4 Å². The van der Waals surface area contributed by atoms with Crippen molar-refractivity contribution in [3.05, 3.63) is 23.8 Å². The van der Waals surface area contributed by atoms with E-state index in [1.807, 2.05) is 20.8 Å². The van der Waals surface area contributed by atoms with Gasteiger partial charge in [-0.25, -0.2) is 0 Å². The summed E-state index contributed by atoms with van der Waals surface area (Å²) < 4.78 is 10.8. The predicted octanol–water partition coefficient (Wildman–Crippen LogP) is 2.53. The molecule has 5 nitrogen and oxygen atoms in total. The minimum atomic E-state index is -0.118. The Morgan fingerprint density at radius 2 is 1.48 bits per heavy atom. The molecule has 1 atom stereocenters. The minimum Gasteiger partial charge on any atom is -0.507 e. The third-order valence-corrected chi connectivity index (χ3v) is 3.48. The molecule has 0 fully saturated rings. The second-order valence-corrected chi connectivity index (χ2v) is 4.82. The third kappa shape index (κ3) is 5.53. The van der Waals surface area contributed by atoms with E-state index < -0.39 is 0 Å². The molecule has 1 unspecified atom stereocenters. The summed E-state index contributed by atoms with van der Waals surface area (Å²) >= 11 is 0. The molecule has 21 heavy (non-hydrogen) atoms. The van der Waals surface area contributed by atoms with Crippen LogP contribution in [0, 0.1) is 0 Å². The van der Waals surface area contributed by atoms with E-state index in [-0.39, 0.29) is 17.5 Å². The van der Waals surface area contributed by atoms with Crippen molar-refractivity contribution in [2.75, 3.05) is 39.5 Å². The van der Waals surface area contributed by atoms with Gasteiger partial charge in [-0.2, -0.15) is 0 Å². The molecule has 5 heteroatoms. The first-order valence-electron chi connectivity index (χ1n) is 7.52. The molecule has 1 rings (SSSR count). The average Bonchev–Trinajstić information content (AvgIpc) is 2.45. The highest BCUT2D eigenvalue weighted by atomic mass is 16.5. The van der Waals surface area contributed by atoms with E-state index in [0.717, 1.165) is 13.1 Å². The molecule has 0 spiro atoms. The zero-order valence-corrected chi connectivity index (χ0v) is 13.2. The molecule has 0 amide bonds. The first kappa shape index (κ1) is 17.8. The maximum absolute atomic E-state index is 10.0. The molecule has 0 aliphatic rings. The van der Waals surface area contributed by atoms with Gasteiger partial charge in [0.2, 0.25) is 0 Å². The summed E-state index contributed by atoms with van der Waals surface area (Å²) in [6.45, 7) is 9.90. The Balaban J connectivity index is 2.79. The molecular formula is C16H27NO4. The summed E-state index contributed by atoms with van der Waals surface area (Å²) in [5.41, 5.74) is 0.547. The second-order valence-electron chi connectivity index (χ2n) is 4.82. The molecule has 0 saturated heterocycles. The number of aromatic hydroxyl groups is 2. The van der Waals surface area contributed by atoms with Crippen LogP contribution in [0.15, 0.2) is 18.2 Å². The second kappa shape index (κ2) is 9.60. The molecule has 0 aliphatic carbocycles. The van der Waals surface area contributed by atoms with E-state index in [2.05, 4.69) is 4.90 Å². The molecule has 0 heterocycles. The largest absolute Gasteiger partial charge is 0.507 e. The van der Waals surface area contributed by atoms with Crippen LogP contribution in [0.25, 0.3) is 0 Å². The number of hydrogen-bond donors (Lipinski definition) is 2. The number of phenolic OH excluding ortho intramolecular Hbond substituents is 2. The van der Waals surface area contributed by atoms with E-state index in [1.165, 1.54) is 0 Å². The smallest absolute Gasteiger partial charge is 0.124 e. The quantitative estimate of drug-likeness (QED) is 0.650. The minimum absolute atomic E-state index is 0.111. The van der Waals surface area contributed by atoms with Crippen LogP contribution in [-0.2, 0) is 9.47 Å². The molecule has 0 aliphatic heterocycles. The maximum atomic E-state index is 10.0. The SMILES string of the molecule is CCOCCN(CCOCC)C(C)c1c(O)cccc1O. The highest BCUT2D eigenvalue weighted by Crippen LogP contribution is 2.35. The van der Waals surface area contributed by atoms with Crippen molar-refractivity contribution in [3.8, 4) is 11.5 Å². The number of benzene rings is 1. The summed E-state index contributed by atoms with van der Waals surface area (Å²) in [5.74, 6) is 0.223. The average molecular weight is 297 g/mol. The number of phenols is 2. The zero-order valence-electron chi connectivity index (χ0n) is 13.2. The fraction of sp³-hybridized carbons (Fsp3) is 0.625. The summed E-state index contributed by atoms with van der Waals surface area (Å²) in [6.07, 6.45) is 0. The van der Waals surface area contributed by atoms with E-state index in [9.17, 15) is 10.2 Å². The van der Waals surface area contributed by atoms with E-state index >= 15 is 0 Å². The monoisotopic (exact) mass is 297 g/mol. The normalized spacial score (nSPS) is 12.8. The van der Waals surface area contributed by atoms with E-state index in [1.54, 1.807) is 18.2 Å². The number of nitrogens with zero attached hydrogens (tertiary/aromatic N) is 1. The highest BCUT2D eigenvalue weighted by molar-refractivity contribution is 5.44. The van der Waals surface area contributed by atoms with E-state index in [0.29, 0.717) is 32.0 Å². The topological polar surface area (TPSA) is 62.2 Å². The van der Waals surface area contributed by atoms with Crippen LogP contribution in [-0.4, -0.2) is 54.6 Å². The van der Waals surface area contributed by atoms with Crippen molar-refractivity contribution in [2.45, 2.75) is 26.8 Å². The van der Waals surface area contributed by atoms with Crippen LogP contribution in [0.4, 0.5) is 0 Å². The van der Waals surface area contributed by atoms with Crippen molar-refractivity contribution in [1.29, 1.82) is 0 Å². The fourth-order valence-corrected chi connectivity index (χ4v) is 2.30. The fourth-order valence-electron chi connectivity index (χ4n) is 2.30. The van der Waals surface area contributed by atoms with Gasteiger partial charge in [-0.15, -0.1) is 0 Å². The van der Waals surface area contributed by atoms with Crippen LogP contribution in [0.3, 0.4) is 0 Å². The molecule has 0 aromatic heterocycles. The van der Waals surface area contributed by atoms with Gasteiger partial charge < -0.3 is 19.7 Å². The summed E-state index contributed by atoms with van der Waals surface area (Å²) in [5, 5.41) is 20.0. The lowest BCUT2D eigenvalue weighted by Crippen LogP contribution is -2.33. The number of rotatable bonds is 10. The van der Waals surface area contributed by atoms with Gasteiger partial charge >= 0.3 is 0 Å². The van der Waals surface area contributed by atoms with Gasteiger partial charge in [-0.3, -0.25) is 4.90 Å². The maximum Gasteiger partial charge on any atom is 0.124 e. The van der Waals surface area contributed by atoms with Gasteiger partial charge in [-0.05, 0) is 32.9 Å². The molecule has 1 aromatic carbocycles. The molecule has 0 radical (unpaired) electrons. The van der Waals surface area contributed by atoms with Gasteiger partial charge in [0.05, 0.1) is 18.8 Å². The van der Waals surface area contributed by atoms with Gasteiger partial charge in [0.1, 0.15) is 11.5 Å². The summed E-state index contributed by atoms with van der Waals surface area (Å²) in [7, 11) is 0. The van der Waals surface area contributed by atoms with Gasteiger partial charge in [-0.1, -0.05) is 6.07 Å². The summed E-state index contributed by atoms with van der Waals surface area (Å²) in [6, 6.07) is 4.70. The Morgan fingerprint density at radius 1 is 1.00 bits per heavy atom. The highest BCUT2D eigenvalue weighted by Gasteiger charge is 2.21. The standard InChI is InChI=1S/C16H27NO4/c1-4-20-11-9-17(10-12-21-5-2)13(3)16-14(18)7-6-8-15(16)19/h6-8,13,18-19H,4-5,9-12H2,1-3H3. The van der Waals surface area contributed by atoms with Crippen molar-refractivity contribution < 1.29 is 19.7 Å². The Labute approximate surface area is 127 Å².